The molecule has 0 spiro atoms. The molecule has 28 heavy (non-hydrogen) atoms. The van der Waals surface area contributed by atoms with E-state index in [2.05, 4.69) is 41.4 Å². The number of urea groups is 1. The highest BCUT2D eigenvalue weighted by atomic mass is 16.5. The number of nitrogens with one attached hydrogen (secondary N) is 1. The fourth-order valence-electron chi connectivity index (χ4n) is 3.82. The zero-order valence-electron chi connectivity index (χ0n) is 17.4. The lowest BCUT2D eigenvalue weighted by Crippen LogP contribution is -2.50. The van der Waals surface area contributed by atoms with Gasteiger partial charge >= 0.3 is 6.03 Å². The van der Waals surface area contributed by atoms with Crippen molar-refractivity contribution in [1.82, 2.24) is 9.80 Å². The number of hydrogen-bond donors (Lipinski definition) is 1. The van der Waals surface area contributed by atoms with Gasteiger partial charge in [0.15, 0.2) is 0 Å². The fraction of sp³-hybridized carbons (Fsp3) is 0.435. The molecule has 0 aromatic heterocycles. The van der Waals surface area contributed by atoms with Crippen molar-refractivity contribution < 1.29 is 9.53 Å². The first-order valence-corrected chi connectivity index (χ1v) is 9.95. The van der Waals surface area contributed by atoms with Gasteiger partial charge in [-0.3, -0.25) is 4.90 Å². The molecule has 150 valence electrons. The van der Waals surface area contributed by atoms with E-state index in [4.69, 9.17) is 4.74 Å². The predicted molar refractivity (Wildman–Crippen MR) is 114 cm³/mol. The molecule has 0 atom stereocenters. The van der Waals surface area contributed by atoms with Crippen LogP contribution in [0.5, 0.6) is 5.75 Å². The molecular formula is C23H31N3O2. The summed E-state index contributed by atoms with van der Waals surface area (Å²) < 4.78 is 5.21. The first-order valence-electron chi connectivity index (χ1n) is 9.95. The number of carbonyl (C=O) groups excluding carboxylic acids is 1. The van der Waals surface area contributed by atoms with Gasteiger partial charge in [0.25, 0.3) is 0 Å². The van der Waals surface area contributed by atoms with Crippen LogP contribution in [0.3, 0.4) is 0 Å². The number of nitrogens with zero attached hydrogens (tertiary/aromatic N) is 2. The number of methoxy groups -OCH3 is 1. The molecule has 1 fully saturated rings. The van der Waals surface area contributed by atoms with Gasteiger partial charge in [-0.25, -0.2) is 4.79 Å². The minimum absolute atomic E-state index is 0.00450. The second kappa shape index (κ2) is 9.11. The monoisotopic (exact) mass is 381 g/mol. The summed E-state index contributed by atoms with van der Waals surface area (Å²) in [6, 6.07) is 12.5. The summed E-state index contributed by atoms with van der Waals surface area (Å²) in [5, 5.41) is 3.12. The van der Waals surface area contributed by atoms with Crippen LogP contribution < -0.4 is 10.1 Å². The summed E-state index contributed by atoms with van der Waals surface area (Å²) in [6.07, 6.45) is 1.01. The van der Waals surface area contributed by atoms with Gasteiger partial charge in [-0.05, 0) is 56.0 Å². The maximum absolute atomic E-state index is 12.7. The third-order valence-electron chi connectivity index (χ3n) is 5.44. The smallest absolute Gasteiger partial charge is 0.321 e. The quantitative estimate of drug-likeness (QED) is 0.851. The van der Waals surface area contributed by atoms with Gasteiger partial charge in [0.2, 0.25) is 0 Å². The predicted octanol–water partition coefficient (Wildman–Crippen LogP) is 4.01. The first kappa shape index (κ1) is 20.2. The summed E-state index contributed by atoms with van der Waals surface area (Å²) >= 11 is 0. The molecular weight excluding hydrogens is 350 g/mol. The van der Waals surface area contributed by atoms with Crippen molar-refractivity contribution in [3.8, 4) is 5.75 Å². The molecule has 0 unspecified atom stereocenters. The number of rotatable bonds is 5. The van der Waals surface area contributed by atoms with Crippen LogP contribution >= 0.6 is 0 Å². The number of carbonyl (C=O) groups is 1. The van der Waals surface area contributed by atoms with E-state index in [1.165, 1.54) is 11.1 Å². The van der Waals surface area contributed by atoms with Gasteiger partial charge in [0.05, 0.1) is 7.11 Å². The van der Waals surface area contributed by atoms with Gasteiger partial charge < -0.3 is 15.0 Å². The van der Waals surface area contributed by atoms with E-state index < -0.39 is 0 Å². The Morgan fingerprint density at radius 1 is 1.00 bits per heavy atom. The summed E-state index contributed by atoms with van der Waals surface area (Å²) in [7, 11) is 1.69. The number of amides is 2. The van der Waals surface area contributed by atoms with E-state index in [-0.39, 0.29) is 6.03 Å². The number of anilines is 1. The molecule has 1 N–H and O–H groups in total. The third kappa shape index (κ3) is 5.04. The van der Waals surface area contributed by atoms with E-state index >= 15 is 0 Å². The fourth-order valence-corrected chi connectivity index (χ4v) is 3.82. The molecule has 2 aromatic carbocycles. The van der Waals surface area contributed by atoms with Crippen LogP contribution in [0.4, 0.5) is 10.5 Å². The normalized spacial score (nSPS) is 14.8. The van der Waals surface area contributed by atoms with Gasteiger partial charge in [0, 0.05) is 38.4 Å². The average molecular weight is 382 g/mol. The first-order chi connectivity index (χ1) is 13.5. The molecule has 2 aromatic rings. The number of aryl methyl sites for hydroxylation is 3. The van der Waals surface area contributed by atoms with Crippen LogP contribution in [-0.4, -0.2) is 55.7 Å². The van der Waals surface area contributed by atoms with Gasteiger partial charge in [0.1, 0.15) is 5.75 Å². The molecule has 1 heterocycles. The maximum atomic E-state index is 12.7. The minimum Gasteiger partial charge on any atom is -0.497 e. The molecule has 1 aliphatic heterocycles. The van der Waals surface area contributed by atoms with Crippen molar-refractivity contribution in [3.05, 3.63) is 58.7 Å². The maximum Gasteiger partial charge on any atom is 0.321 e. The lowest BCUT2D eigenvalue weighted by atomic mass is 10.1. The Morgan fingerprint density at radius 2 is 1.61 bits per heavy atom. The topological polar surface area (TPSA) is 44.8 Å². The van der Waals surface area contributed by atoms with Crippen LogP contribution in [0.2, 0.25) is 0 Å². The van der Waals surface area contributed by atoms with Crippen LogP contribution in [0, 0.1) is 20.8 Å². The summed E-state index contributed by atoms with van der Waals surface area (Å²) in [6.45, 7) is 10.5. The van der Waals surface area contributed by atoms with Crippen molar-refractivity contribution in [3.63, 3.8) is 0 Å². The highest BCUT2D eigenvalue weighted by molar-refractivity contribution is 5.91. The van der Waals surface area contributed by atoms with Gasteiger partial charge in [-0.2, -0.15) is 0 Å². The van der Waals surface area contributed by atoms with Crippen molar-refractivity contribution in [2.24, 2.45) is 0 Å². The van der Waals surface area contributed by atoms with Crippen molar-refractivity contribution in [2.75, 3.05) is 45.2 Å². The zero-order chi connectivity index (χ0) is 20.1. The molecule has 0 saturated carbocycles. The van der Waals surface area contributed by atoms with Crippen molar-refractivity contribution in [2.45, 2.75) is 27.2 Å². The van der Waals surface area contributed by atoms with Gasteiger partial charge in [-0.1, -0.05) is 29.8 Å². The van der Waals surface area contributed by atoms with E-state index in [1.54, 1.807) is 7.11 Å². The Labute approximate surface area is 168 Å². The summed E-state index contributed by atoms with van der Waals surface area (Å²) in [5.41, 5.74) is 5.70. The number of ether oxygens (including phenoxy) is 1. The second-order valence-electron chi connectivity index (χ2n) is 7.63. The van der Waals surface area contributed by atoms with Crippen LogP contribution in [0.15, 0.2) is 36.4 Å². The Hall–Kier alpha value is -2.53. The van der Waals surface area contributed by atoms with Crippen LogP contribution in [0.25, 0.3) is 0 Å². The molecule has 5 nitrogen and oxygen atoms in total. The SMILES string of the molecule is COc1ccc(CCN2CCN(C(=O)Nc3c(C)cc(C)cc3C)CC2)cc1. The van der Waals surface area contributed by atoms with Crippen LogP contribution in [0.1, 0.15) is 22.3 Å². The molecule has 1 saturated heterocycles. The Bertz CT molecular complexity index is 786. The summed E-state index contributed by atoms with van der Waals surface area (Å²) in [4.78, 5) is 17.0. The number of hydrogen-bond acceptors (Lipinski definition) is 3. The molecule has 2 amide bonds. The Morgan fingerprint density at radius 3 is 2.18 bits per heavy atom. The highest BCUT2D eigenvalue weighted by Crippen LogP contribution is 2.22. The van der Waals surface area contributed by atoms with E-state index in [1.807, 2.05) is 30.9 Å². The number of piperazine rings is 1. The lowest BCUT2D eigenvalue weighted by molar-refractivity contribution is 0.148. The van der Waals surface area contributed by atoms with Gasteiger partial charge in [-0.15, -0.1) is 0 Å². The Kier molecular flexibility index (Phi) is 6.57. The Balaban J connectivity index is 1.47. The van der Waals surface area contributed by atoms with E-state index in [0.29, 0.717) is 0 Å². The van der Waals surface area contributed by atoms with Crippen LogP contribution in [-0.2, 0) is 6.42 Å². The van der Waals surface area contributed by atoms with E-state index in [9.17, 15) is 4.79 Å². The standard InChI is InChI=1S/C23H31N3O2/c1-17-15-18(2)22(19(3)16-17)24-23(27)26-13-11-25(12-14-26)10-9-20-5-7-21(28-4)8-6-20/h5-8,15-16H,9-14H2,1-4H3,(H,24,27). The number of benzene rings is 2. The molecule has 3 rings (SSSR count). The highest BCUT2D eigenvalue weighted by Gasteiger charge is 2.21. The third-order valence-corrected chi connectivity index (χ3v) is 5.44. The molecule has 0 aliphatic carbocycles. The minimum atomic E-state index is 0.00450. The molecule has 0 bridgehead atoms. The zero-order valence-corrected chi connectivity index (χ0v) is 17.4. The average Bonchev–Trinajstić information content (AvgIpc) is 2.69. The van der Waals surface area contributed by atoms with E-state index in [0.717, 1.165) is 61.7 Å². The lowest BCUT2D eigenvalue weighted by Gasteiger charge is -2.35. The molecule has 0 radical (unpaired) electrons. The molecule has 5 heteroatoms. The largest absolute Gasteiger partial charge is 0.497 e. The van der Waals surface area contributed by atoms with Crippen molar-refractivity contribution >= 4 is 11.7 Å². The summed E-state index contributed by atoms with van der Waals surface area (Å²) in [5.74, 6) is 0.891. The molecule has 1 aliphatic rings. The van der Waals surface area contributed by atoms with Crippen molar-refractivity contribution in [1.29, 1.82) is 0 Å². The second-order valence-corrected chi connectivity index (χ2v) is 7.63.